The van der Waals surface area contributed by atoms with Crippen molar-refractivity contribution in [2.45, 2.75) is 12.0 Å². The highest BCUT2D eigenvalue weighted by atomic mass is 16.5. The number of benzene rings is 7. The third kappa shape index (κ3) is 5.62. The molecule has 1 aromatic heterocycles. The predicted molar refractivity (Wildman–Crippen MR) is 215 cm³/mol. The molecule has 4 heteroatoms. The van der Waals surface area contributed by atoms with E-state index in [0.717, 1.165) is 44.7 Å². The Morgan fingerprint density at radius 2 is 0.962 bits per heavy atom. The first kappa shape index (κ1) is 30.9. The first-order chi connectivity index (χ1) is 26.3. The zero-order valence-electron chi connectivity index (χ0n) is 28.8. The molecule has 0 amide bonds. The Morgan fingerprint density at radius 1 is 0.415 bits per heavy atom. The van der Waals surface area contributed by atoms with E-state index in [9.17, 15) is 0 Å². The third-order valence-corrected chi connectivity index (χ3v) is 10.4. The maximum Gasteiger partial charge on any atom is 0.164 e. The zero-order valence-corrected chi connectivity index (χ0v) is 28.8. The van der Waals surface area contributed by atoms with E-state index in [4.69, 9.17) is 19.7 Å². The van der Waals surface area contributed by atoms with Crippen LogP contribution in [0.3, 0.4) is 0 Å². The number of aromatic nitrogens is 3. The molecule has 0 bridgehead atoms. The summed E-state index contributed by atoms with van der Waals surface area (Å²) in [7, 11) is 0. The lowest BCUT2D eigenvalue weighted by Crippen LogP contribution is -2.22. The van der Waals surface area contributed by atoms with Crippen molar-refractivity contribution in [3.63, 3.8) is 0 Å². The number of rotatable bonds is 6. The van der Waals surface area contributed by atoms with Crippen LogP contribution >= 0.6 is 0 Å². The van der Waals surface area contributed by atoms with Crippen LogP contribution in [0.4, 0.5) is 0 Å². The quantitative estimate of drug-likeness (QED) is 0.175. The Balaban J connectivity index is 1.15. The molecule has 53 heavy (non-hydrogen) atoms. The molecule has 10 rings (SSSR count). The zero-order chi connectivity index (χ0) is 35.1. The number of hydrogen-bond donors (Lipinski definition) is 0. The average molecular weight is 680 g/mol. The minimum absolute atomic E-state index is 0.0942. The molecule has 0 spiro atoms. The molecule has 250 valence electrons. The van der Waals surface area contributed by atoms with E-state index in [2.05, 4.69) is 158 Å². The average Bonchev–Trinajstić information content (AvgIpc) is 3.63. The standard InChI is InChI=1S/C49H33N3O/c1-3-12-32(13-4-1)33-22-28-38(29-23-33)48-50-47(37-15-5-2-6-16-37)51-49(52-48)46-41(30-31-44-45(46)42-19-9-10-21-43(42)53-44)36-26-24-35(25-27-36)40-20-11-17-34-14-7-8-18-39(34)40/h1-31,44-45H. The van der Waals surface area contributed by atoms with Crippen molar-refractivity contribution < 1.29 is 4.74 Å². The Kier molecular flexibility index (Phi) is 7.58. The molecular weight excluding hydrogens is 647 g/mol. The van der Waals surface area contributed by atoms with Gasteiger partial charge in [-0.25, -0.2) is 15.0 Å². The summed E-state index contributed by atoms with van der Waals surface area (Å²) in [5, 5.41) is 2.47. The van der Waals surface area contributed by atoms with Crippen LogP contribution in [0.2, 0.25) is 0 Å². The summed E-state index contributed by atoms with van der Waals surface area (Å²) in [6.45, 7) is 0. The van der Waals surface area contributed by atoms with Gasteiger partial charge in [0.15, 0.2) is 17.5 Å². The van der Waals surface area contributed by atoms with Crippen molar-refractivity contribution in [2.75, 3.05) is 0 Å². The van der Waals surface area contributed by atoms with E-state index in [1.165, 1.54) is 27.5 Å². The monoisotopic (exact) mass is 679 g/mol. The van der Waals surface area contributed by atoms with Gasteiger partial charge in [0.25, 0.3) is 0 Å². The number of fused-ring (bicyclic) bond motifs is 4. The molecular formula is C49H33N3O. The van der Waals surface area contributed by atoms with Gasteiger partial charge in [-0.05, 0) is 56.3 Å². The highest BCUT2D eigenvalue weighted by Crippen LogP contribution is 2.51. The summed E-state index contributed by atoms with van der Waals surface area (Å²) in [4.78, 5) is 15.6. The van der Waals surface area contributed by atoms with E-state index in [1.54, 1.807) is 0 Å². The van der Waals surface area contributed by atoms with Gasteiger partial charge in [-0.15, -0.1) is 0 Å². The highest BCUT2D eigenvalue weighted by Gasteiger charge is 2.40. The van der Waals surface area contributed by atoms with Crippen LogP contribution in [0.1, 0.15) is 22.9 Å². The van der Waals surface area contributed by atoms with Gasteiger partial charge < -0.3 is 4.74 Å². The Morgan fingerprint density at radius 3 is 1.74 bits per heavy atom. The normalized spacial score (nSPS) is 15.9. The van der Waals surface area contributed by atoms with Crippen molar-refractivity contribution in [3.05, 3.63) is 205 Å². The SMILES string of the molecule is C1=CC2Oc3ccccc3C2C(c2nc(-c3ccccc3)nc(-c3ccc(-c4ccccc4)cc3)n2)=C1c1ccc(-c2cccc3ccccc23)cc1. The molecule has 7 aromatic carbocycles. The first-order valence-corrected chi connectivity index (χ1v) is 18.0. The number of ether oxygens (including phenoxy) is 1. The van der Waals surface area contributed by atoms with Crippen molar-refractivity contribution in [1.29, 1.82) is 0 Å². The number of para-hydroxylation sites is 1. The molecule has 8 aromatic rings. The molecule has 1 aliphatic carbocycles. The van der Waals surface area contributed by atoms with Crippen molar-refractivity contribution in [2.24, 2.45) is 0 Å². The molecule has 4 nitrogen and oxygen atoms in total. The lowest BCUT2D eigenvalue weighted by molar-refractivity contribution is 0.271. The fraction of sp³-hybridized carbons (Fsp3) is 0.0408. The molecule has 0 fully saturated rings. The van der Waals surface area contributed by atoms with Crippen LogP contribution in [0.15, 0.2) is 188 Å². The van der Waals surface area contributed by atoms with Crippen LogP contribution < -0.4 is 4.74 Å². The molecule has 2 atom stereocenters. The fourth-order valence-electron chi connectivity index (χ4n) is 7.76. The second-order valence-corrected chi connectivity index (χ2v) is 13.5. The van der Waals surface area contributed by atoms with Crippen LogP contribution in [0.5, 0.6) is 5.75 Å². The van der Waals surface area contributed by atoms with Gasteiger partial charge in [0.1, 0.15) is 11.9 Å². The first-order valence-electron chi connectivity index (χ1n) is 18.0. The molecule has 0 saturated heterocycles. The Bertz CT molecular complexity index is 2680. The molecule has 2 unspecified atom stereocenters. The summed E-state index contributed by atoms with van der Waals surface area (Å²) in [5.74, 6) is 2.71. The summed E-state index contributed by atoms with van der Waals surface area (Å²) in [6, 6.07) is 61.4. The highest BCUT2D eigenvalue weighted by molar-refractivity contribution is 6.00. The molecule has 0 N–H and O–H groups in total. The molecule has 2 aliphatic rings. The van der Waals surface area contributed by atoms with Crippen molar-refractivity contribution in [1.82, 2.24) is 15.0 Å². The maximum absolute atomic E-state index is 6.56. The lowest BCUT2D eigenvalue weighted by Gasteiger charge is -2.26. The van der Waals surface area contributed by atoms with Gasteiger partial charge >= 0.3 is 0 Å². The molecule has 1 aliphatic heterocycles. The van der Waals surface area contributed by atoms with E-state index < -0.39 is 0 Å². The number of allylic oxidation sites excluding steroid dienone is 2. The van der Waals surface area contributed by atoms with Crippen molar-refractivity contribution >= 4 is 21.9 Å². The molecule has 2 heterocycles. The van der Waals surface area contributed by atoms with Gasteiger partial charge in [-0.1, -0.05) is 176 Å². The minimum atomic E-state index is -0.174. The lowest BCUT2D eigenvalue weighted by atomic mass is 9.79. The van der Waals surface area contributed by atoms with E-state index in [-0.39, 0.29) is 12.0 Å². The maximum atomic E-state index is 6.56. The summed E-state index contributed by atoms with van der Waals surface area (Å²) < 4.78 is 6.56. The van der Waals surface area contributed by atoms with E-state index >= 15 is 0 Å². The summed E-state index contributed by atoms with van der Waals surface area (Å²) in [6.07, 6.45) is 4.20. The fourth-order valence-corrected chi connectivity index (χ4v) is 7.76. The Labute approximate surface area is 308 Å². The van der Waals surface area contributed by atoms with Crippen LogP contribution in [-0.2, 0) is 0 Å². The van der Waals surface area contributed by atoms with Gasteiger partial charge in [0.05, 0.1) is 5.92 Å². The van der Waals surface area contributed by atoms with Crippen LogP contribution in [0.25, 0.3) is 66.9 Å². The van der Waals surface area contributed by atoms with Crippen LogP contribution in [-0.4, -0.2) is 21.1 Å². The van der Waals surface area contributed by atoms with Gasteiger partial charge in [0.2, 0.25) is 0 Å². The molecule has 0 radical (unpaired) electrons. The summed E-state index contributed by atoms with van der Waals surface area (Å²) >= 11 is 0. The van der Waals surface area contributed by atoms with E-state index in [1.807, 2.05) is 30.3 Å². The largest absolute Gasteiger partial charge is 0.485 e. The Hall–Kier alpha value is -6.91. The predicted octanol–water partition coefficient (Wildman–Crippen LogP) is 11.7. The van der Waals surface area contributed by atoms with Crippen molar-refractivity contribution in [3.8, 4) is 50.8 Å². The third-order valence-electron chi connectivity index (χ3n) is 10.4. The smallest absolute Gasteiger partial charge is 0.164 e. The topological polar surface area (TPSA) is 47.9 Å². The van der Waals surface area contributed by atoms with Gasteiger partial charge in [-0.2, -0.15) is 0 Å². The van der Waals surface area contributed by atoms with Crippen LogP contribution in [0, 0.1) is 0 Å². The minimum Gasteiger partial charge on any atom is -0.485 e. The number of hydrogen-bond acceptors (Lipinski definition) is 4. The van der Waals surface area contributed by atoms with Gasteiger partial charge in [0, 0.05) is 22.3 Å². The summed E-state index contributed by atoms with van der Waals surface area (Å²) in [5.41, 5.74) is 10.9. The second kappa shape index (κ2) is 13.0. The second-order valence-electron chi connectivity index (χ2n) is 13.5. The van der Waals surface area contributed by atoms with Gasteiger partial charge in [-0.3, -0.25) is 0 Å². The molecule has 0 saturated carbocycles. The van der Waals surface area contributed by atoms with E-state index in [0.29, 0.717) is 17.5 Å². The number of nitrogens with zero attached hydrogens (tertiary/aromatic N) is 3.